The highest BCUT2D eigenvalue weighted by Crippen LogP contribution is 2.47. The summed E-state index contributed by atoms with van der Waals surface area (Å²) in [6.45, 7) is 9.46. The molecule has 1 N–H and O–H groups in total. The van der Waals surface area contributed by atoms with Crippen molar-refractivity contribution in [3.63, 3.8) is 0 Å². The molecule has 2 heterocycles. The summed E-state index contributed by atoms with van der Waals surface area (Å²) in [5.74, 6) is -0.609. The van der Waals surface area contributed by atoms with E-state index in [2.05, 4.69) is 11.8 Å². The number of rotatable bonds is 17. The number of fused-ring (bicyclic) bond motifs is 1. The van der Waals surface area contributed by atoms with Crippen LogP contribution in [0.3, 0.4) is 0 Å². The molecule has 2 aliphatic heterocycles. The zero-order valence-electron chi connectivity index (χ0n) is 26.3. The maximum absolute atomic E-state index is 13.8. The molecule has 11 nitrogen and oxygen atoms in total. The monoisotopic (exact) mass is 590 g/mol. The number of carboxylic acid groups (broad SMARTS) is 1. The van der Waals surface area contributed by atoms with E-state index < -0.39 is 23.8 Å². The molecule has 0 saturated carbocycles. The largest absolute Gasteiger partial charge is 0.493 e. The van der Waals surface area contributed by atoms with Gasteiger partial charge < -0.3 is 34.0 Å². The Hall–Kier alpha value is -3.05. The first-order valence-corrected chi connectivity index (χ1v) is 15.2. The minimum absolute atomic E-state index is 0.0188. The molecular weight excluding hydrogens is 540 g/mol. The number of aliphatic carboxylic acids is 1. The third-order valence-electron chi connectivity index (χ3n) is 8.42. The van der Waals surface area contributed by atoms with Crippen LogP contribution in [0.25, 0.3) is 0 Å². The van der Waals surface area contributed by atoms with Gasteiger partial charge in [-0.1, -0.05) is 13.3 Å². The van der Waals surface area contributed by atoms with E-state index >= 15 is 0 Å². The molecule has 0 bridgehead atoms. The van der Waals surface area contributed by atoms with Crippen molar-refractivity contribution in [2.24, 2.45) is 5.92 Å². The van der Waals surface area contributed by atoms with Crippen LogP contribution in [0, 0.1) is 5.92 Å². The van der Waals surface area contributed by atoms with Crippen molar-refractivity contribution in [3.8, 4) is 17.2 Å². The van der Waals surface area contributed by atoms with E-state index in [-0.39, 0.29) is 25.2 Å². The Morgan fingerprint density at radius 2 is 1.74 bits per heavy atom. The Bertz CT molecular complexity index is 1070. The maximum Gasteiger partial charge on any atom is 0.308 e. The third-order valence-corrected chi connectivity index (χ3v) is 8.42. The van der Waals surface area contributed by atoms with Crippen LogP contribution < -0.4 is 14.2 Å². The van der Waals surface area contributed by atoms with Crippen molar-refractivity contribution in [1.82, 2.24) is 19.6 Å². The van der Waals surface area contributed by atoms with Gasteiger partial charge in [0.15, 0.2) is 11.5 Å². The van der Waals surface area contributed by atoms with E-state index in [1.807, 2.05) is 43.0 Å². The number of likely N-dealkylation sites (tertiary alicyclic amines) is 1. The minimum atomic E-state index is -0.922. The first-order chi connectivity index (χ1) is 20.1. The zero-order chi connectivity index (χ0) is 30.8. The topological polar surface area (TPSA) is 112 Å². The number of carbonyl (C=O) groups excluding carboxylic acids is 2. The van der Waals surface area contributed by atoms with Gasteiger partial charge in [0.1, 0.15) is 0 Å². The number of unbranched alkanes of at least 4 members (excludes halogenated alkanes) is 2. The molecule has 1 aromatic rings. The van der Waals surface area contributed by atoms with E-state index in [1.165, 1.54) is 6.92 Å². The molecule has 11 heteroatoms. The quantitative estimate of drug-likeness (QED) is 0.274. The van der Waals surface area contributed by atoms with E-state index in [0.717, 1.165) is 37.8 Å². The molecule has 2 amide bonds. The third kappa shape index (κ3) is 8.50. The summed E-state index contributed by atoms with van der Waals surface area (Å²) in [4.78, 5) is 46.6. The van der Waals surface area contributed by atoms with Gasteiger partial charge in [-0.15, -0.1) is 0 Å². The van der Waals surface area contributed by atoms with Gasteiger partial charge in [0.05, 0.1) is 19.6 Å². The van der Waals surface area contributed by atoms with Crippen molar-refractivity contribution in [2.45, 2.75) is 64.8 Å². The van der Waals surface area contributed by atoms with Crippen LogP contribution in [0.15, 0.2) is 12.1 Å². The van der Waals surface area contributed by atoms with Gasteiger partial charge in [0.25, 0.3) is 0 Å². The second-order valence-corrected chi connectivity index (χ2v) is 11.6. The molecule has 1 aromatic carbocycles. The summed E-state index contributed by atoms with van der Waals surface area (Å²) in [7, 11) is 5.64. The van der Waals surface area contributed by atoms with Crippen molar-refractivity contribution in [2.75, 3.05) is 73.8 Å². The molecule has 3 rings (SSSR count). The number of benzene rings is 1. The van der Waals surface area contributed by atoms with Gasteiger partial charge in [0, 0.05) is 51.6 Å². The first-order valence-electron chi connectivity index (χ1n) is 15.2. The Labute approximate surface area is 250 Å². The first kappa shape index (κ1) is 33.5. The summed E-state index contributed by atoms with van der Waals surface area (Å²) >= 11 is 0. The molecule has 0 spiro atoms. The number of hydrogen-bond donors (Lipinski definition) is 1. The summed E-state index contributed by atoms with van der Waals surface area (Å²) in [6, 6.07) is 3.23. The SMILES string of the molecule is CCCCN(CCCCN(C)C)C(=O)CN1C[C@H](c2cc(OC)c3c(c2)OCO3)[C@@H](C(=O)O)[C@@H]1CCN(CC)C(C)=O. The molecule has 0 aliphatic carbocycles. The Kier molecular flexibility index (Phi) is 12.7. The highest BCUT2D eigenvalue weighted by molar-refractivity contribution is 5.79. The number of amides is 2. The number of ether oxygens (including phenoxy) is 3. The molecule has 3 atom stereocenters. The molecular formula is C31H50N4O7. The Balaban J connectivity index is 1.89. The molecule has 2 aliphatic rings. The lowest BCUT2D eigenvalue weighted by Crippen LogP contribution is -2.46. The second-order valence-electron chi connectivity index (χ2n) is 11.6. The average Bonchev–Trinajstić information content (AvgIpc) is 3.57. The fourth-order valence-corrected chi connectivity index (χ4v) is 6.10. The lowest BCUT2D eigenvalue weighted by molar-refractivity contribution is -0.144. The Morgan fingerprint density at radius 1 is 1.02 bits per heavy atom. The summed E-state index contributed by atoms with van der Waals surface area (Å²) in [5.41, 5.74) is 0.772. The van der Waals surface area contributed by atoms with E-state index in [9.17, 15) is 19.5 Å². The molecule has 0 radical (unpaired) electrons. The predicted octanol–water partition coefficient (Wildman–Crippen LogP) is 3.12. The Morgan fingerprint density at radius 3 is 2.36 bits per heavy atom. The number of carboxylic acids is 1. The van der Waals surface area contributed by atoms with E-state index in [1.54, 1.807) is 12.0 Å². The van der Waals surface area contributed by atoms with Crippen LogP contribution in [-0.4, -0.2) is 122 Å². The molecule has 0 aromatic heterocycles. The molecule has 236 valence electrons. The highest BCUT2D eigenvalue weighted by Gasteiger charge is 2.47. The average molecular weight is 591 g/mol. The molecule has 42 heavy (non-hydrogen) atoms. The standard InChI is InChI=1S/C31H50N4O7/c1-7-9-14-34(15-11-10-13-32(4)5)28(37)20-35-19-24(23-17-26(40-6)30-27(18-23)41-21-42-30)29(31(38)39)25(35)12-16-33(8-2)22(3)36/h17-18,24-25,29H,7-16,19-21H2,1-6H3,(H,38,39)/t24-,25+,29-/m1/s1. The fraction of sp³-hybridized carbons (Fsp3) is 0.710. The summed E-state index contributed by atoms with van der Waals surface area (Å²) in [5, 5.41) is 10.5. The van der Waals surface area contributed by atoms with Crippen LogP contribution in [0.5, 0.6) is 17.2 Å². The van der Waals surface area contributed by atoms with Crippen LogP contribution in [-0.2, 0) is 14.4 Å². The van der Waals surface area contributed by atoms with E-state index in [0.29, 0.717) is 56.4 Å². The van der Waals surface area contributed by atoms with Gasteiger partial charge in [-0.05, 0) is 70.9 Å². The van der Waals surface area contributed by atoms with Crippen molar-refractivity contribution in [3.05, 3.63) is 17.7 Å². The number of carbonyl (C=O) groups is 3. The minimum Gasteiger partial charge on any atom is -0.493 e. The highest BCUT2D eigenvalue weighted by atomic mass is 16.7. The predicted molar refractivity (Wildman–Crippen MR) is 160 cm³/mol. The normalized spacial score (nSPS) is 19.7. The second kappa shape index (κ2) is 16.0. The van der Waals surface area contributed by atoms with Gasteiger partial charge >= 0.3 is 5.97 Å². The van der Waals surface area contributed by atoms with Gasteiger partial charge in [0.2, 0.25) is 24.4 Å². The smallest absolute Gasteiger partial charge is 0.308 e. The zero-order valence-corrected chi connectivity index (χ0v) is 26.3. The summed E-state index contributed by atoms with van der Waals surface area (Å²) in [6.07, 6.45) is 4.28. The molecule has 1 fully saturated rings. The van der Waals surface area contributed by atoms with Crippen LogP contribution in [0.1, 0.15) is 64.4 Å². The van der Waals surface area contributed by atoms with Gasteiger partial charge in [-0.3, -0.25) is 19.3 Å². The maximum atomic E-state index is 13.8. The lowest BCUT2D eigenvalue weighted by Gasteiger charge is -2.31. The van der Waals surface area contributed by atoms with Gasteiger partial charge in [-0.25, -0.2) is 0 Å². The van der Waals surface area contributed by atoms with Crippen LogP contribution in [0.2, 0.25) is 0 Å². The molecule has 1 saturated heterocycles. The van der Waals surface area contributed by atoms with Crippen LogP contribution in [0.4, 0.5) is 0 Å². The van der Waals surface area contributed by atoms with Crippen molar-refractivity contribution >= 4 is 17.8 Å². The van der Waals surface area contributed by atoms with Crippen molar-refractivity contribution < 1.29 is 33.7 Å². The van der Waals surface area contributed by atoms with Crippen LogP contribution >= 0.6 is 0 Å². The molecule has 0 unspecified atom stereocenters. The fourth-order valence-electron chi connectivity index (χ4n) is 6.10. The lowest BCUT2D eigenvalue weighted by atomic mass is 9.84. The van der Waals surface area contributed by atoms with Gasteiger partial charge in [-0.2, -0.15) is 0 Å². The van der Waals surface area contributed by atoms with Crippen molar-refractivity contribution in [1.29, 1.82) is 0 Å². The number of nitrogens with zero attached hydrogens (tertiary/aromatic N) is 4. The summed E-state index contributed by atoms with van der Waals surface area (Å²) < 4.78 is 16.7. The number of methoxy groups -OCH3 is 1. The number of hydrogen-bond acceptors (Lipinski definition) is 8. The van der Waals surface area contributed by atoms with E-state index in [4.69, 9.17) is 14.2 Å².